The second kappa shape index (κ2) is 7.49. The van der Waals surface area contributed by atoms with Gasteiger partial charge in [-0.2, -0.15) is 0 Å². The lowest BCUT2D eigenvalue weighted by molar-refractivity contribution is -0.125. The van der Waals surface area contributed by atoms with Gasteiger partial charge in [-0.15, -0.1) is 5.10 Å². The summed E-state index contributed by atoms with van der Waals surface area (Å²) < 4.78 is 9.28. The lowest BCUT2D eigenvalue weighted by Crippen LogP contribution is -2.55. The van der Waals surface area contributed by atoms with Crippen molar-refractivity contribution in [2.24, 2.45) is 0 Å². The Kier molecular flexibility index (Phi) is 5.34. The maximum Gasteiger partial charge on any atom is 0.244 e. The van der Waals surface area contributed by atoms with E-state index < -0.39 is 0 Å². The van der Waals surface area contributed by atoms with Gasteiger partial charge >= 0.3 is 0 Å². The number of amides is 1. The molecule has 0 radical (unpaired) electrons. The van der Waals surface area contributed by atoms with Gasteiger partial charge in [0.05, 0.1) is 23.7 Å². The minimum absolute atomic E-state index is 0.125. The van der Waals surface area contributed by atoms with Crippen LogP contribution in [0.5, 0.6) is 5.75 Å². The Hall–Kier alpha value is -1.99. The molecule has 0 saturated carbocycles. The van der Waals surface area contributed by atoms with Crippen LogP contribution in [0, 0.1) is 0 Å². The summed E-state index contributed by atoms with van der Waals surface area (Å²) >= 11 is 1.43. The fourth-order valence-electron chi connectivity index (χ4n) is 3.10. The Bertz CT molecular complexity index is 729. The van der Waals surface area contributed by atoms with Gasteiger partial charge in [0.15, 0.2) is 0 Å². The summed E-state index contributed by atoms with van der Waals surface area (Å²) in [6.45, 7) is 8.45. The number of hydrogen-bond donors (Lipinski definition) is 0. The van der Waals surface area contributed by atoms with Crippen LogP contribution in [0.4, 0.5) is 5.69 Å². The van der Waals surface area contributed by atoms with E-state index in [4.69, 9.17) is 4.74 Å². The van der Waals surface area contributed by atoms with Gasteiger partial charge in [-0.25, -0.2) is 0 Å². The highest BCUT2D eigenvalue weighted by atomic mass is 32.1. The van der Waals surface area contributed by atoms with E-state index in [9.17, 15) is 4.79 Å². The van der Waals surface area contributed by atoms with E-state index in [1.54, 1.807) is 7.11 Å². The summed E-state index contributed by atoms with van der Waals surface area (Å²) in [7, 11) is 1.64. The minimum Gasteiger partial charge on any atom is -0.497 e. The number of rotatable bonds is 5. The predicted molar refractivity (Wildman–Crippen MR) is 99.2 cm³/mol. The molecule has 1 saturated heterocycles. The lowest BCUT2D eigenvalue weighted by atomic mass is 10.1. The molecule has 1 aliphatic rings. The maximum absolute atomic E-state index is 12.9. The average Bonchev–Trinajstić information content (AvgIpc) is 3.08. The van der Waals surface area contributed by atoms with Gasteiger partial charge in [0.25, 0.3) is 0 Å². The zero-order chi connectivity index (χ0) is 18.0. The minimum atomic E-state index is -0.169. The molecule has 0 N–H and O–H groups in total. The molecule has 1 amide bonds. The number of aromatic nitrogens is 2. The third kappa shape index (κ3) is 3.67. The summed E-state index contributed by atoms with van der Waals surface area (Å²) in [4.78, 5) is 18.1. The molecule has 134 valence electrons. The van der Waals surface area contributed by atoms with Crippen LogP contribution in [-0.4, -0.2) is 46.6 Å². The van der Waals surface area contributed by atoms with E-state index >= 15 is 0 Å². The van der Waals surface area contributed by atoms with Crippen LogP contribution >= 0.6 is 11.5 Å². The Morgan fingerprint density at radius 3 is 2.64 bits per heavy atom. The summed E-state index contributed by atoms with van der Waals surface area (Å²) in [5, 5.41) is 4.24. The number of hydrogen-bond acceptors (Lipinski definition) is 6. The fourth-order valence-corrected chi connectivity index (χ4v) is 3.92. The van der Waals surface area contributed by atoms with Gasteiger partial charge in [0, 0.05) is 25.3 Å². The summed E-state index contributed by atoms with van der Waals surface area (Å²) in [5.74, 6) is 1.27. The van der Waals surface area contributed by atoms with Crippen molar-refractivity contribution in [1.29, 1.82) is 0 Å². The topological polar surface area (TPSA) is 58.6 Å². The Labute approximate surface area is 152 Å². The van der Waals surface area contributed by atoms with E-state index in [1.807, 2.05) is 36.1 Å². The molecule has 0 unspecified atom stereocenters. The number of anilines is 1. The van der Waals surface area contributed by atoms with Crippen LogP contribution in [0.15, 0.2) is 24.3 Å². The number of methoxy groups -OCH3 is 1. The first-order valence-corrected chi connectivity index (χ1v) is 9.29. The highest BCUT2D eigenvalue weighted by molar-refractivity contribution is 7.05. The fraction of sp³-hybridized carbons (Fsp3) is 0.500. The molecule has 25 heavy (non-hydrogen) atoms. The second-order valence-corrected chi connectivity index (χ2v) is 7.41. The van der Waals surface area contributed by atoms with Crippen molar-refractivity contribution in [3.05, 3.63) is 34.8 Å². The molecule has 0 aliphatic carbocycles. The second-order valence-electron chi connectivity index (χ2n) is 6.57. The van der Waals surface area contributed by atoms with Gasteiger partial charge in [-0.1, -0.05) is 18.3 Å². The predicted octanol–water partition coefficient (Wildman–Crippen LogP) is 2.91. The molecule has 0 spiro atoms. The number of benzene rings is 1. The van der Waals surface area contributed by atoms with Crippen molar-refractivity contribution in [1.82, 2.24) is 14.5 Å². The molecular weight excluding hydrogens is 336 g/mol. The van der Waals surface area contributed by atoms with Gasteiger partial charge in [0.2, 0.25) is 5.91 Å². The van der Waals surface area contributed by atoms with Crippen LogP contribution in [-0.2, 0) is 11.3 Å². The molecule has 0 bridgehead atoms. The molecule has 7 heteroatoms. The Balaban J connectivity index is 1.71. The number of carbonyl (C=O) groups excluding carboxylic acids is 1. The first kappa shape index (κ1) is 17.8. The molecule has 1 fully saturated rings. The number of piperazine rings is 1. The third-order valence-corrected chi connectivity index (χ3v) is 5.37. The SMILES string of the molecule is COc1ccc(N2CCN(Cc3snnc3C(C)C)[C@@H](C)C2=O)cc1. The quantitative estimate of drug-likeness (QED) is 0.820. The molecule has 1 aliphatic heterocycles. The van der Waals surface area contributed by atoms with Crippen molar-refractivity contribution < 1.29 is 9.53 Å². The highest BCUT2D eigenvalue weighted by Gasteiger charge is 2.33. The van der Waals surface area contributed by atoms with E-state index in [0.717, 1.165) is 35.1 Å². The third-order valence-electron chi connectivity index (χ3n) is 4.64. The van der Waals surface area contributed by atoms with Crippen LogP contribution in [0.1, 0.15) is 37.3 Å². The van der Waals surface area contributed by atoms with Crippen molar-refractivity contribution in [3.63, 3.8) is 0 Å². The molecule has 1 aromatic carbocycles. The normalized spacial score (nSPS) is 18.8. The van der Waals surface area contributed by atoms with E-state index in [0.29, 0.717) is 12.5 Å². The van der Waals surface area contributed by atoms with Crippen molar-refractivity contribution in [2.45, 2.75) is 39.3 Å². The van der Waals surface area contributed by atoms with Crippen molar-refractivity contribution >= 4 is 23.1 Å². The molecule has 3 rings (SSSR count). The number of ether oxygens (including phenoxy) is 1. The summed E-state index contributed by atoms with van der Waals surface area (Å²) in [5.41, 5.74) is 1.96. The standard InChI is InChI=1S/C18H24N4O2S/c1-12(2)17-16(25-20-19-17)11-21-9-10-22(18(23)13(21)3)14-5-7-15(24-4)8-6-14/h5-8,12-13H,9-11H2,1-4H3/t13-/m0/s1. The Morgan fingerprint density at radius 1 is 1.28 bits per heavy atom. The van der Waals surface area contributed by atoms with Crippen LogP contribution in [0.25, 0.3) is 0 Å². The summed E-state index contributed by atoms with van der Waals surface area (Å²) in [6.07, 6.45) is 0. The Morgan fingerprint density at radius 2 is 2.00 bits per heavy atom. The first-order valence-electron chi connectivity index (χ1n) is 8.52. The zero-order valence-electron chi connectivity index (χ0n) is 15.1. The molecule has 1 atom stereocenters. The summed E-state index contributed by atoms with van der Waals surface area (Å²) in [6, 6.07) is 7.47. The molecule has 1 aromatic heterocycles. The van der Waals surface area contributed by atoms with Crippen LogP contribution in [0.3, 0.4) is 0 Å². The molecule has 6 nitrogen and oxygen atoms in total. The molecule has 2 heterocycles. The van der Waals surface area contributed by atoms with Gasteiger partial charge in [0.1, 0.15) is 5.75 Å². The van der Waals surface area contributed by atoms with E-state index in [2.05, 4.69) is 28.3 Å². The number of carbonyl (C=O) groups is 1. The number of nitrogens with zero attached hydrogens (tertiary/aromatic N) is 4. The van der Waals surface area contributed by atoms with Gasteiger partial charge in [-0.05, 0) is 48.6 Å². The van der Waals surface area contributed by atoms with Gasteiger partial charge in [-0.3, -0.25) is 9.69 Å². The van der Waals surface area contributed by atoms with Crippen LogP contribution in [0.2, 0.25) is 0 Å². The first-order chi connectivity index (χ1) is 12.0. The smallest absolute Gasteiger partial charge is 0.244 e. The van der Waals surface area contributed by atoms with Crippen molar-refractivity contribution in [2.75, 3.05) is 25.1 Å². The monoisotopic (exact) mass is 360 g/mol. The highest BCUT2D eigenvalue weighted by Crippen LogP contribution is 2.26. The average molecular weight is 360 g/mol. The van der Waals surface area contributed by atoms with Crippen molar-refractivity contribution in [3.8, 4) is 5.75 Å². The van der Waals surface area contributed by atoms with E-state index in [1.165, 1.54) is 11.5 Å². The lowest BCUT2D eigenvalue weighted by Gasteiger charge is -2.39. The van der Waals surface area contributed by atoms with Crippen LogP contribution < -0.4 is 9.64 Å². The zero-order valence-corrected chi connectivity index (χ0v) is 15.9. The molecular formula is C18H24N4O2S. The largest absolute Gasteiger partial charge is 0.497 e. The van der Waals surface area contributed by atoms with Gasteiger partial charge < -0.3 is 9.64 Å². The van der Waals surface area contributed by atoms with E-state index in [-0.39, 0.29) is 11.9 Å². The maximum atomic E-state index is 12.9. The molecule has 2 aromatic rings.